The normalized spacial score (nSPS) is 47.6. The minimum absolute atomic E-state index is 0.0351. The minimum Gasteiger partial charge on any atom is -0.393 e. The van der Waals surface area contributed by atoms with Crippen molar-refractivity contribution < 1.29 is 5.11 Å². The van der Waals surface area contributed by atoms with Crippen molar-refractivity contribution in [1.29, 1.82) is 0 Å². The molecule has 60 valence electrons. The third-order valence-electron chi connectivity index (χ3n) is 3.42. The van der Waals surface area contributed by atoms with Crippen molar-refractivity contribution in [2.75, 3.05) is 0 Å². The number of aliphatic hydroxyl groups excluding tert-OH is 1. The van der Waals surface area contributed by atoms with Gasteiger partial charge in [0, 0.05) is 6.42 Å². The molecule has 11 heavy (non-hydrogen) atoms. The van der Waals surface area contributed by atoms with Crippen LogP contribution >= 0.6 is 0 Å². The number of fused-ring (bicyclic) bond motifs is 2. The molecule has 0 spiro atoms. The van der Waals surface area contributed by atoms with Crippen LogP contribution in [0.4, 0.5) is 0 Å². The highest BCUT2D eigenvalue weighted by Gasteiger charge is 2.46. The van der Waals surface area contributed by atoms with E-state index in [1.165, 1.54) is 12.8 Å². The van der Waals surface area contributed by atoms with Gasteiger partial charge in [0.05, 0.1) is 6.10 Å². The Balaban J connectivity index is 2.08. The van der Waals surface area contributed by atoms with Gasteiger partial charge < -0.3 is 5.11 Å². The van der Waals surface area contributed by atoms with Crippen molar-refractivity contribution in [3.63, 3.8) is 0 Å². The number of aliphatic hydroxyl groups is 1. The molecule has 2 saturated carbocycles. The zero-order valence-corrected chi connectivity index (χ0v) is 6.66. The predicted octanol–water partition coefficient (Wildman–Crippen LogP) is 1.42. The second kappa shape index (κ2) is 2.53. The lowest BCUT2D eigenvalue weighted by Gasteiger charge is -2.15. The molecule has 0 aromatic rings. The molecule has 2 rings (SSSR count). The highest BCUT2D eigenvalue weighted by Crippen LogP contribution is 2.50. The van der Waals surface area contributed by atoms with E-state index in [0.717, 1.165) is 18.8 Å². The molecule has 2 aliphatic rings. The first-order valence-corrected chi connectivity index (χ1v) is 4.44. The van der Waals surface area contributed by atoms with Crippen molar-refractivity contribution in [3.8, 4) is 12.3 Å². The molecule has 1 nitrogen and oxygen atoms in total. The molecule has 2 fully saturated rings. The summed E-state index contributed by atoms with van der Waals surface area (Å²) >= 11 is 0. The zero-order chi connectivity index (χ0) is 7.84. The summed E-state index contributed by atoms with van der Waals surface area (Å²) in [6.45, 7) is 0. The first kappa shape index (κ1) is 7.18. The number of rotatable bonds is 1. The molecule has 0 heterocycles. The van der Waals surface area contributed by atoms with E-state index >= 15 is 0 Å². The Morgan fingerprint density at radius 2 is 2.27 bits per heavy atom. The summed E-state index contributed by atoms with van der Waals surface area (Å²) in [6.07, 6.45) is 9.64. The Labute approximate surface area is 67.8 Å². The SMILES string of the molecule is C#CCC1C2CCC1C(O)C2. The Morgan fingerprint density at radius 3 is 2.73 bits per heavy atom. The third-order valence-corrected chi connectivity index (χ3v) is 3.42. The van der Waals surface area contributed by atoms with Gasteiger partial charge in [-0.05, 0) is 37.0 Å². The molecule has 0 aromatic carbocycles. The van der Waals surface area contributed by atoms with Crippen LogP contribution in [0, 0.1) is 30.1 Å². The van der Waals surface area contributed by atoms with E-state index in [-0.39, 0.29) is 6.10 Å². The average molecular weight is 150 g/mol. The summed E-state index contributed by atoms with van der Waals surface area (Å²) in [4.78, 5) is 0. The summed E-state index contributed by atoms with van der Waals surface area (Å²) in [5, 5.41) is 9.55. The van der Waals surface area contributed by atoms with Crippen LogP contribution in [-0.2, 0) is 0 Å². The Morgan fingerprint density at radius 1 is 1.45 bits per heavy atom. The molecule has 2 bridgehead atoms. The molecular formula is C10H14O. The van der Waals surface area contributed by atoms with E-state index in [2.05, 4.69) is 5.92 Å². The van der Waals surface area contributed by atoms with Gasteiger partial charge in [0.25, 0.3) is 0 Å². The molecule has 0 aliphatic heterocycles. The standard InChI is InChI=1S/C10H14O/c1-2-3-8-7-4-5-9(8)10(11)6-7/h1,7-11H,3-6H2. The van der Waals surface area contributed by atoms with Crippen molar-refractivity contribution in [2.45, 2.75) is 31.8 Å². The summed E-state index contributed by atoms with van der Waals surface area (Å²) in [6, 6.07) is 0. The lowest BCUT2D eigenvalue weighted by molar-refractivity contribution is 0.107. The lowest BCUT2D eigenvalue weighted by Crippen LogP contribution is -2.16. The van der Waals surface area contributed by atoms with E-state index in [9.17, 15) is 5.11 Å². The Kier molecular flexibility index (Phi) is 1.65. The lowest BCUT2D eigenvalue weighted by atomic mass is 9.94. The Bertz CT molecular complexity index is 192. The summed E-state index contributed by atoms with van der Waals surface area (Å²) in [7, 11) is 0. The van der Waals surface area contributed by atoms with Crippen LogP contribution in [0.5, 0.6) is 0 Å². The second-order valence-corrected chi connectivity index (χ2v) is 3.88. The van der Waals surface area contributed by atoms with Gasteiger partial charge in [0.15, 0.2) is 0 Å². The molecule has 0 aromatic heterocycles. The highest BCUT2D eigenvalue weighted by molar-refractivity contribution is 5.01. The molecule has 4 unspecified atom stereocenters. The predicted molar refractivity (Wildman–Crippen MR) is 43.8 cm³/mol. The largest absolute Gasteiger partial charge is 0.393 e. The van der Waals surface area contributed by atoms with Crippen molar-refractivity contribution >= 4 is 0 Å². The van der Waals surface area contributed by atoms with Gasteiger partial charge in [-0.1, -0.05) is 0 Å². The smallest absolute Gasteiger partial charge is 0.0574 e. The van der Waals surface area contributed by atoms with Gasteiger partial charge in [-0.3, -0.25) is 0 Å². The van der Waals surface area contributed by atoms with Gasteiger partial charge in [-0.15, -0.1) is 12.3 Å². The van der Waals surface area contributed by atoms with E-state index in [1.54, 1.807) is 0 Å². The van der Waals surface area contributed by atoms with Crippen LogP contribution in [0.2, 0.25) is 0 Å². The van der Waals surface area contributed by atoms with Gasteiger partial charge >= 0.3 is 0 Å². The fourth-order valence-electron chi connectivity index (χ4n) is 2.89. The van der Waals surface area contributed by atoms with Crippen LogP contribution in [-0.4, -0.2) is 11.2 Å². The fourth-order valence-corrected chi connectivity index (χ4v) is 2.89. The summed E-state index contributed by atoms with van der Waals surface area (Å²) in [5.41, 5.74) is 0. The molecule has 1 heteroatoms. The van der Waals surface area contributed by atoms with E-state index < -0.39 is 0 Å². The van der Waals surface area contributed by atoms with Crippen LogP contribution in [0.15, 0.2) is 0 Å². The van der Waals surface area contributed by atoms with E-state index in [4.69, 9.17) is 6.42 Å². The fraction of sp³-hybridized carbons (Fsp3) is 0.800. The Hall–Kier alpha value is -0.480. The van der Waals surface area contributed by atoms with Gasteiger partial charge in [-0.2, -0.15) is 0 Å². The molecule has 0 radical (unpaired) electrons. The quantitative estimate of drug-likeness (QED) is 0.560. The van der Waals surface area contributed by atoms with E-state index in [1.807, 2.05) is 0 Å². The summed E-state index contributed by atoms with van der Waals surface area (Å²) < 4.78 is 0. The first-order valence-electron chi connectivity index (χ1n) is 4.44. The number of hydrogen-bond donors (Lipinski definition) is 1. The zero-order valence-electron chi connectivity index (χ0n) is 6.66. The molecular weight excluding hydrogens is 136 g/mol. The maximum Gasteiger partial charge on any atom is 0.0574 e. The molecule has 0 saturated heterocycles. The second-order valence-electron chi connectivity index (χ2n) is 3.88. The maximum absolute atomic E-state index is 9.55. The van der Waals surface area contributed by atoms with E-state index in [0.29, 0.717) is 11.8 Å². The van der Waals surface area contributed by atoms with Gasteiger partial charge in [0.2, 0.25) is 0 Å². The topological polar surface area (TPSA) is 20.2 Å². The maximum atomic E-state index is 9.55. The monoisotopic (exact) mass is 150 g/mol. The first-order chi connectivity index (χ1) is 5.33. The third kappa shape index (κ3) is 0.973. The van der Waals surface area contributed by atoms with Crippen molar-refractivity contribution in [2.24, 2.45) is 17.8 Å². The van der Waals surface area contributed by atoms with Crippen LogP contribution in [0.25, 0.3) is 0 Å². The highest BCUT2D eigenvalue weighted by atomic mass is 16.3. The molecule has 4 atom stereocenters. The van der Waals surface area contributed by atoms with Crippen LogP contribution in [0.1, 0.15) is 25.7 Å². The number of hydrogen-bond acceptors (Lipinski definition) is 1. The summed E-state index contributed by atoms with van der Waals surface area (Å²) in [5.74, 6) is 4.65. The minimum atomic E-state index is -0.0351. The van der Waals surface area contributed by atoms with Crippen LogP contribution < -0.4 is 0 Å². The number of terminal acetylenes is 1. The molecule has 1 N–H and O–H groups in total. The van der Waals surface area contributed by atoms with Gasteiger partial charge in [-0.25, -0.2) is 0 Å². The van der Waals surface area contributed by atoms with Crippen LogP contribution in [0.3, 0.4) is 0 Å². The van der Waals surface area contributed by atoms with Gasteiger partial charge in [0.1, 0.15) is 0 Å². The molecule has 0 amide bonds. The van der Waals surface area contributed by atoms with Crippen molar-refractivity contribution in [1.82, 2.24) is 0 Å². The molecule has 2 aliphatic carbocycles. The average Bonchev–Trinajstić information content (AvgIpc) is 2.46. The van der Waals surface area contributed by atoms with Crippen molar-refractivity contribution in [3.05, 3.63) is 0 Å².